The number of hydrogen-bond acceptors (Lipinski definition) is 2. The van der Waals surface area contributed by atoms with Crippen LogP contribution >= 0.6 is 0 Å². The average molecular weight is 249 g/mol. The lowest BCUT2D eigenvalue weighted by molar-refractivity contribution is 0.101. The number of halogens is 1. The lowest BCUT2D eigenvalue weighted by Crippen LogP contribution is -2.34. The summed E-state index contributed by atoms with van der Waals surface area (Å²) in [5, 5.41) is 0. The monoisotopic (exact) mass is 249 g/mol. The van der Waals surface area contributed by atoms with Crippen LogP contribution in [0.5, 0.6) is 0 Å². The van der Waals surface area contributed by atoms with Crippen LogP contribution in [0.4, 0.5) is 10.1 Å². The summed E-state index contributed by atoms with van der Waals surface area (Å²) in [5.74, 6) is 0.296. The van der Waals surface area contributed by atoms with Crippen molar-refractivity contribution in [3.05, 3.63) is 29.6 Å². The first-order chi connectivity index (χ1) is 8.63. The summed E-state index contributed by atoms with van der Waals surface area (Å²) < 4.78 is 14.0. The summed E-state index contributed by atoms with van der Waals surface area (Å²) in [5.41, 5.74) is 0.982. The zero-order valence-electron chi connectivity index (χ0n) is 11.1. The summed E-state index contributed by atoms with van der Waals surface area (Å²) in [4.78, 5) is 13.6. The maximum atomic E-state index is 14.0. The molecule has 18 heavy (non-hydrogen) atoms. The van der Waals surface area contributed by atoms with E-state index in [0.29, 0.717) is 17.2 Å². The number of anilines is 1. The van der Waals surface area contributed by atoms with Crippen molar-refractivity contribution in [1.29, 1.82) is 0 Å². The van der Waals surface area contributed by atoms with E-state index in [0.717, 1.165) is 13.1 Å². The van der Waals surface area contributed by atoms with E-state index < -0.39 is 0 Å². The van der Waals surface area contributed by atoms with Gasteiger partial charge in [-0.2, -0.15) is 0 Å². The lowest BCUT2D eigenvalue weighted by atomic mass is 9.85. The number of para-hydroxylation sites is 1. The molecule has 0 heterocycles. The summed E-state index contributed by atoms with van der Waals surface area (Å²) >= 11 is 0. The summed E-state index contributed by atoms with van der Waals surface area (Å²) in [7, 11) is 0. The SMILES string of the molecule is CCN(CC1CCC1)c1c(F)cccc1C(C)=O. The summed E-state index contributed by atoms with van der Waals surface area (Å²) in [6.07, 6.45) is 3.72. The molecule has 0 aliphatic heterocycles. The van der Waals surface area contributed by atoms with Gasteiger partial charge in [-0.25, -0.2) is 4.39 Å². The normalized spacial score (nSPS) is 15.3. The van der Waals surface area contributed by atoms with Gasteiger partial charge < -0.3 is 4.90 Å². The largest absolute Gasteiger partial charge is 0.369 e. The molecule has 1 aliphatic carbocycles. The van der Waals surface area contributed by atoms with Gasteiger partial charge in [-0.1, -0.05) is 12.5 Å². The quantitative estimate of drug-likeness (QED) is 0.742. The van der Waals surface area contributed by atoms with E-state index in [4.69, 9.17) is 0 Å². The number of rotatable bonds is 5. The Morgan fingerprint density at radius 2 is 2.17 bits per heavy atom. The number of carbonyl (C=O) groups excluding carboxylic acids is 1. The van der Waals surface area contributed by atoms with E-state index in [-0.39, 0.29) is 11.6 Å². The second kappa shape index (κ2) is 5.51. The van der Waals surface area contributed by atoms with Crippen LogP contribution in [0.3, 0.4) is 0 Å². The van der Waals surface area contributed by atoms with Crippen molar-refractivity contribution in [2.75, 3.05) is 18.0 Å². The Kier molecular flexibility index (Phi) is 4.00. The van der Waals surface area contributed by atoms with Crippen molar-refractivity contribution in [3.63, 3.8) is 0 Å². The van der Waals surface area contributed by atoms with Crippen LogP contribution in [0.15, 0.2) is 18.2 Å². The molecule has 0 bridgehead atoms. The van der Waals surface area contributed by atoms with Gasteiger partial charge in [0.25, 0.3) is 0 Å². The van der Waals surface area contributed by atoms with Gasteiger partial charge in [0, 0.05) is 18.7 Å². The standard InChI is InChI=1S/C15H20FNO/c1-3-17(10-12-6-4-7-12)15-13(11(2)18)8-5-9-14(15)16/h5,8-9,12H,3-4,6-7,10H2,1-2H3. The lowest BCUT2D eigenvalue weighted by Gasteiger charge is -2.34. The molecular formula is C15H20FNO. The molecular weight excluding hydrogens is 229 g/mol. The average Bonchev–Trinajstić information content (AvgIpc) is 2.28. The molecule has 0 saturated heterocycles. The molecule has 1 aromatic rings. The van der Waals surface area contributed by atoms with Crippen molar-refractivity contribution in [3.8, 4) is 0 Å². The fraction of sp³-hybridized carbons (Fsp3) is 0.533. The Balaban J connectivity index is 2.30. The Morgan fingerprint density at radius 3 is 2.67 bits per heavy atom. The van der Waals surface area contributed by atoms with Crippen molar-refractivity contribution in [1.82, 2.24) is 0 Å². The zero-order chi connectivity index (χ0) is 13.1. The minimum absolute atomic E-state index is 0.0726. The predicted octanol–water partition coefficient (Wildman–Crippen LogP) is 3.65. The maximum Gasteiger partial charge on any atom is 0.161 e. The summed E-state index contributed by atoms with van der Waals surface area (Å²) in [6, 6.07) is 4.75. The van der Waals surface area contributed by atoms with Crippen LogP contribution in [0.25, 0.3) is 0 Å². The van der Waals surface area contributed by atoms with Crippen molar-refractivity contribution in [2.45, 2.75) is 33.1 Å². The van der Waals surface area contributed by atoms with Gasteiger partial charge in [0.2, 0.25) is 0 Å². The number of hydrogen-bond donors (Lipinski definition) is 0. The molecule has 1 fully saturated rings. The molecule has 0 aromatic heterocycles. The van der Waals surface area contributed by atoms with E-state index in [1.165, 1.54) is 32.3 Å². The molecule has 0 unspecified atom stereocenters. The highest BCUT2D eigenvalue weighted by Crippen LogP contribution is 2.31. The molecule has 3 heteroatoms. The van der Waals surface area contributed by atoms with Crippen LogP contribution in [-0.2, 0) is 0 Å². The smallest absolute Gasteiger partial charge is 0.161 e. The fourth-order valence-corrected chi connectivity index (χ4v) is 2.49. The highest BCUT2D eigenvalue weighted by molar-refractivity contribution is 5.99. The maximum absolute atomic E-state index is 14.0. The van der Waals surface area contributed by atoms with Crippen molar-refractivity contribution >= 4 is 11.5 Å². The number of nitrogens with zero attached hydrogens (tertiary/aromatic N) is 1. The minimum Gasteiger partial charge on any atom is -0.369 e. The molecule has 0 amide bonds. The first-order valence-electron chi connectivity index (χ1n) is 6.68. The third-order valence-corrected chi connectivity index (χ3v) is 3.77. The number of ketones is 1. The van der Waals surface area contributed by atoms with E-state index in [2.05, 4.69) is 0 Å². The van der Waals surface area contributed by atoms with Crippen molar-refractivity contribution < 1.29 is 9.18 Å². The second-order valence-electron chi connectivity index (χ2n) is 5.03. The van der Waals surface area contributed by atoms with E-state index in [1.54, 1.807) is 12.1 Å². The second-order valence-corrected chi connectivity index (χ2v) is 5.03. The van der Waals surface area contributed by atoms with Gasteiger partial charge in [0.15, 0.2) is 5.78 Å². The molecule has 1 saturated carbocycles. The highest BCUT2D eigenvalue weighted by atomic mass is 19.1. The van der Waals surface area contributed by atoms with Gasteiger partial charge >= 0.3 is 0 Å². The van der Waals surface area contributed by atoms with Crippen LogP contribution in [0, 0.1) is 11.7 Å². The molecule has 2 rings (SSSR count). The van der Waals surface area contributed by atoms with Crippen LogP contribution < -0.4 is 4.90 Å². The van der Waals surface area contributed by atoms with E-state index in [1.807, 2.05) is 11.8 Å². The van der Waals surface area contributed by atoms with Gasteiger partial charge in [-0.15, -0.1) is 0 Å². The highest BCUT2D eigenvalue weighted by Gasteiger charge is 2.24. The third kappa shape index (κ3) is 2.55. The summed E-state index contributed by atoms with van der Waals surface area (Å²) in [6.45, 7) is 5.10. The number of Topliss-reactive ketones (excluding diaryl/α,β-unsaturated/α-hetero) is 1. The molecule has 0 spiro atoms. The molecule has 0 N–H and O–H groups in total. The topological polar surface area (TPSA) is 20.3 Å². The van der Waals surface area contributed by atoms with Crippen LogP contribution in [0.1, 0.15) is 43.5 Å². The zero-order valence-corrected chi connectivity index (χ0v) is 11.1. The number of benzene rings is 1. The molecule has 98 valence electrons. The Morgan fingerprint density at radius 1 is 1.44 bits per heavy atom. The van der Waals surface area contributed by atoms with Gasteiger partial charge in [-0.05, 0) is 44.7 Å². The fourth-order valence-electron chi connectivity index (χ4n) is 2.49. The van der Waals surface area contributed by atoms with Gasteiger partial charge in [-0.3, -0.25) is 4.79 Å². The van der Waals surface area contributed by atoms with E-state index in [9.17, 15) is 9.18 Å². The Labute approximate surface area is 108 Å². The third-order valence-electron chi connectivity index (χ3n) is 3.77. The molecule has 2 nitrogen and oxygen atoms in total. The molecule has 1 aliphatic rings. The van der Waals surface area contributed by atoms with Gasteiger partial charge in [0.1, 0.15) is 5.82 Å². The van der Waals surface area contributed by atoms with Crippen molar-refractivity contribution in [2.24, 2.45) is 5.92 Å². The predicted molar refractivity (Wildman–Crippen MR) is 71.6 cm³/mol. The first-order valence-corrected chi connectivity index (χ1v) is 6.68. The van der Waals surface area contributed by atoms with Gasteiger partial charge in [0.05, 0.1) is 5.69 Å². The van der Waals surface area contributed by atoms with Crippen LogP contribution in [-0.4, -0.2) is 18.9 Å². The first kappa shape index (κ1) is 13.1. The number of carbonyl (C=O) groups is 1. The minimum atomic E-state index is -0.288. The molecule has 1 aromatic carbocycles. The van der Waals surface area contributed by atoms with Crippen LogP contribution in [0.2, 0.25) is 0 Å². The Bertz CT molecular complexity index is 440. The molecule has 0 atom stereocenters. The molecule has 0 radical (unpaired) electrons. The Hall–Kier alpha value is -1.38. The van der Waals surface area contributed by atoms with E-state index >= 15 is 0 Å².